The summed E-state index contributed by atoms with van der Waals surface area (Å²) >= 11 is 4.92. The highest BCUT2D eigenvalue weighted by molar-refractivity contribution is 9.09. The lowest BCUT2D eigenvalue weighted by atomic mass is 9.81. The lowest BCUT2D eigenvalue weighted by Gasteiger charge is -2.31. The zero-order valence-corrected chi connectivity index (χ0v) is 12.4. The number of hydrogen-bond donors (Lipinski definition) is 0. The Hall–Kier alpha value is -0.0900. The molecule has 92 valence electrons. The maximum atomic E-state index is 11.6. The van der Waals surface area contributed by atoms with E-state index in [1.54, 1.807) is 0 Å². The first-order chi connectivity index (χ1) is 7.67. The number of alkyl halides is 1. The minimum atomic E-state index is 0.164. The van der Waals surface area contributed by atoms with Crippen LogP contribution in [0.2, 0.25) is 0 Å². The monoisotopic (exact) mass is 305 g/mol. The van der Waals surface area contributed by atoms with E-state index in [9.17, 15) is 4.79 Å². The van der Waals surface area contributed by atoms with Crippen molar-refractivity contribution in [1.29, 1.82) is 0 Å². The van der Waals surface area contributed by atoms with Crippen molar-refractivity contribution in [2.45, 2.75) is 46.1 Å². The van der Waals surface area contributed by atoms with Crippen LogP contribution in [0.1, 0.15) is 39.5 Å². The molecule has 0 spiro atoms. The second-order valence-electron chi connectivity index (χ2n) is 4.43. The van der Waals surface area contributed by atoms with Gasteiger partial charge in [-0.2, -0.15) is 0 Å². The first kappa shape index (κ1) is 14.0. The van der Waals surface area contributed by atoms with Crippen molar-refractivity contribution in [3.63, 3.8) is 0 Å². The molecule has 1 rings (SSSR count). The molecule has 0 bridgehead atoms. The van der Waals surface area contributed by atoms with Gasteiger partial charge < -0.3 is 4.57 Å². The van der Waals surface area contributed by atoms with Crippen LogP contribution in [0.4, 0.5) is 0 Å². The van der Waals surface area contributed by atoms with Gasteiger partial charge in [-0.05, 0) is 18.3 Å². The Balaban J connectivity index is 2.84. The van der Waals surface area contributed by atoms with Gasteiger partial charge in [0.1, 0.15) is 0 Å². The molecule has 16 heavy (non-hydrogen) atoms. The fourth-order valence-corrected chi connectivity index (χ4v) is 3.61. The van der Waals surface area contributed by atoms with Crippen LogP contribution in [0.3, 0.4) is 0 Å². The topological polar surface area (TPSA) is 22.0 Å². The van der Waals surface area contributed by atoms with Crippen molar-refractivity contribution in [3.8, 4) is 0 Å². The van der Waals surface area contributed by atoms with Gasteiger partial charge in [0.2, 0.25) is 0 Å². The van der Waals surface area contributed by atoms with E-state index in [1.807, 2.05) is 16.1 Å². The van der Waals surface area contributed by atoms with Crippen molar-refractivity contribution in [1.82, 2.24) is 4.57 Å². The molecule has 0 unspecified atom stereocenters. The van der Waals surface area contributed by atoms with Gasteiger partial charge in [0, 0.05) is 23.5 Å². The number of rotatable bonds is 7. The predicted octanol–water partition coefficient (Wildman–Crippen LogP) is 3.89. The molecule has 0 fully saturated rings. The Morgan fingerprint density at radius 1 is 1.38 bits per heavy atom. The Labute approximate surface area is 110 Å². The third kappa shape index (κ3) is 3.45. The summed E-state index contributed by atoms with van der Waals surface area (Å²) in [5.74, 6) is 0. The number of thiazole rings is 1. The van der Waals surface area contributed by atoms with E-state index in [4.69, 9.17) is 0 Å². The number of halogens is 1. The minimum Gasteiger partial charge on any atom is -0.305 e. The minimum absolute atomic E-state index is 0.164. The van der Waals surface area contributed by atoms with Crippen molar-refractivity contribution >= 4 is 27.3 Å². The van der Waals surface area contributed by atoms with Crippen LogP contribution >= 0.6 is 27.3 Å². The van der Waals surface area contributed by atoms with Crippen LogP contribution in [0.15, 0.2) is 16.4 Å². The molecule has 0 amide bonds. The van der Waals surface area contributed by atoms with Gasteiger partial charge in [0.15, 0.2) is 0 Å². The summed E-state index contributed by atoms with van der Waals surface area (Å²) < 4.78 is 1.86. The largest absolute Gasteiger partial charge is 0.307 e. The molecular formula is C12H20BrNOS. The molecule has 0 aliphatic carbocycles. The van der Waals surface area contributed by atoms with Gasteiger partial charge in [-0.15, -0.1) is 0 Å². The number of hydrogen-bond acceptors (Lipinski definition) is 2. The van der Waals surface area contributed by atoms with E-state index in [1.165, 1.54) is 37.0 Å². The van der Waals surface area contributed by atoms with Crippen LogP contribution in [0.5, 0.6) is 0 Å². The molecule has 0 saturated carbocycles. The third-order valence-corrected chi connectivity index (χ3v) is 4.88. The lowest BCUT2D eigenvalue weighted by Crippen LogP contribution is -2.31. The molecule has 1 heterocycles. The Morgan fingerprint density at radius 2 is 2.00 bits per heavy atom. The lowest BCUT2D eigenvalue weighted by molar-refractivity contribution is 0.232. The molecule has 4 heteroatoms. The SMILES string of the molecule is CCCC(CBr)(CCC)Cn1ccsc1=O. The molecule has 0 radical (unpaired) electrons. The normalized spacial score (nSPS) is 11.9. The average molecular weight is 306 g/mol. The van der Waals surface area contributed by atoms with E-state index >= 15 is 0 Å². The summed E-state index contributed by atoms with van der Waals surface area (Å²) in [5, 5.41) is 2.85. The average Bonchev–Trinajstić information content (AvgIpc) is 2.65. The Morgan fingerprint density at radius 3 is 2.38 bits per heavy atom. The summed E-state index contributed by atoms with van der Waals surface area (Å²) in [6.45, 7) is 5.27. The quantitative estimate of drug-likeness (QED) is 0.700. The second-order valence-corrected chi connectivity index (χ2v) is 5.85. The Kier molecular flexibility index (Phi) is 5.76. The Bertz CT molecular complexity index is 352. The summed E-state index contributed by atoms with van der Waals surface area (Å²) in [7, 11) is 0. The molecule has 0 saturated heterocycles. The fraction of sp³-hybridized carbons (Fsp3) is 0.750. The van der Waals surface area contributed by atoms with Crippen molar-refractivity contribution in [2.24, 2.45) is 5.41 Å². The summed E-state index contributed by atoms with van der Waals surface area (Å²) in [6.07, 6.45) is 6.60. The standard InChI is InChI=1S/C12H20BrNOS/c1-3-5-12(9-13,6-4-2)10-14-7-8-16-11(14)15/h7-8H,3-6,9-10H2,1-2H3. The van der Waals surface area contributed by atoms with Crippen molar-refractivity contribution < 1.29 is 0 Å². The molecule has 0 aromatic carbocycles. The van der Waals surface area contributed by atoms with E-state index < -0.39 is 0 Å². The molecule has 0 N–H and O–H groups in total. The van der Waals surface area contributed by atoms with Gasteiger partial charge >= 0.3 is 4.87 Å². The van der Waals surface area contributed by atoms with E-state index in [0.29, 0.717) is 0 Å². The molecule has 2 nitrogen and oxygen atoms in total. The predicted molar refractivity (Wildman–Crippen MR) is 74.6 cm³/mol. The van der Waals surface area contributed by atoms with Crippen molar-refractivity contribution in [3.05, 3.63) is 21.2 Å². The van der Waals surface area contributed by atoms with Gasteiger partial charge in [0.25, 0.3) is 0 Å². The summed E-state index contributed by atoms with van der Waals surface area (Å²) in [4.78, 5) is 11.8. The highest BCUT2D eigenvalue weighted by Crippen LogP contribution is 2.33. The highest BCUT2D eigenvalue weighted by Gasteiger charge is 2.28. The van der Waals surface area contributed by atoms with Gasteiger partial charge in [0.05, 0.1) is 0 Å². The highest BCUT2D eigenvalue weighted by atomic mass is 79.9. The maximum absolute atomic E-state index is 11.6. The molecule has 1 aromatic rings. The van der Waals surface area contributed by atoms with Crippen LogP contribution in [-0.4, -0.2) is 9.90 Å². The van der Waals surface area contributed by atoms with Crippen LogP contribution in [0.25, 0.3) is 0 Å². The molecule has 1 aromatic heterocycles. The van der Waals surface area contributed by atoms with Crippen molar-refractivity contribution in [2.75, 3.05) is 5.33 Å². The fourth-order valence-electron chi connectivity index (χ4n) is 2.29. The summed E-state index contributed by atoms with van der Waals surface area (Å²) in [6, 6.07) is 0. The van der Waals surface area contributed by atoms with Crippen LogP contribution in [-0.2, 0) is 6.54 Å². The van der Waals surface area contributed by atoms with Crippen LogP contribution < -0.4 is 4.87 Å². The van der Waals surface area contributed by atoms with Gasteiger partial charge in [-0.25, -0.2) is 0 Å². The summed E-state index contributed by atoms with van der Waals surface area (Å²) in [5.41, 5.74) is 0.244. The second kappa shape index (κ2) is 6.60. The van der Waals surface area contributed by atoms with E-state index in [-0.39, 0.29) is 10.3 Å². The maximum Gasteiger partial charge on any atom is 0.307 e. The van der Waals surface area contributed by atoms with Gasteiger partial charge in [-0.3, -0.25) is 4.79 Å². The number of aromatic nitrogens is 1. The molecule has 0 aliphatic heterocycles. The smallest absolute Gasteiger partial charge is 0.305 e. The van der Waals surface area contributed by atoms with Crippen LogP contribution in [0, 0.1) is 5.41 Å². The van der Waals surface area contributed by atoms with Gasteiger partial charge in [-0.1, -0.05) is 54.0 Å². The molecular weight excluding hydrogens is 286 g/mol. The third-order valence-electron chi connectivity index (χ3n) is 2.99. The van der Waals surface area contributed by atoms with E-state index in [0.717, 1.165) is 11.9 Å². The molecule has 0 aliphatic rings. The first-order valence-electron chi connectivity index (χ1n) is 5.87. The zero-order valence-electron chi connectivity index (χ0n) is 10.0. The first-order valence-corrected chi connectivity index (χ1v) is 7.87. The molecule has 0 atom stereocenters. The van der Waals surface area contributed by atoms with E-state index in [2.05, 4.69) is 29.8 Å². The zero-order chi connectivity index (χ0) is 12.0. The number of nitrogens with zero attached hydrogens (tertiary/aromatic N) is 1.